The average Bonchev–Trinajstić information content (AvgIpc) is 2.61. The van der Waals surface area contributed by atoms with Gasteiger partial charge in [0, 0.05) is 5.57 Å². The molecule has 0 bridgehead atoms. The summed E-state index contributed by atoms with van der Waals surface area (Å²) in [7, 11) is 0. The SMILES string of the molecule is O=C1NC(=O)C(=C(CO)c2ccccc2)S1. The topological polar surface area (TPSA) is 66.4 Å². The number of nitrogens with one attached hydrogen (secondary N) is 1. The van der Waals surface area contributed by atoms with E-state index < -0.39 is 11.1 Å². The van der Waals surface area contributed by atoms with Crippen molar-refractivity contribution in [1.29, 1.82) is 0 Å². The zero-order valence-corrected chi connectivity index (χ0v) is 9.08. The van der Waals surface area contributed by atoms with Crippen LogP contribution in [0.5, 0.6) is 0 Å². The molecule has 0 atom stereocenters. The van der Waals surface area contributed by atoms with Gasteiger partial charge >= 0.3 is 0 Å². The van der Waals surface area contributed by atoms with Gasteiger partial charge in [-0.15, -0.1) is 0 Å². The number of hydrogen-bond acceptors (Lipinski definition) is 4. The lowest BCUT2D eigenvalue weighted by Gasteiger charge is -2.05. The minimum Gasteiger partial charge on any atom is -0.392 e. The molecule has 2 amide bonds. The fourth-order valence-corrected chi connectivity index (χ4v) is 2.22. The Kier molecular flexibility index (Phi) is 3.07. The molecule has 1 heterocycles. The molecule has 1 saturated heterocycles. The number of thioether (sulfide) groups is 1. The Morgan fingerprint density at radius 3 is 2.44 bits per heavy atom. The first kappa shape index (κ1) is 10.9. The summed E-state index contributed by atoms with van der Waals surface area (Å²) in [6.07, 6.45) is 0. The van der Waals surface area contributed by atoms with Crippen LogP contribution in [0, 0.1) is 0 Å². The molecule has 0 aromatic heterocycles. The van der Waals surface area contributed by atoms with E-state index in [4.69, 9.17) is 0 Å². The van der Waals surface area contributed by atoms with Gasteiger partial charge in [0.25, 0.3) is 11.1 Å². The molecule has 1 aromatic rings. The first-order chi connectivity index (χ1) is 7.72. The zero-order chi connectivity index (χ0) is 11.5. The van der Waals surface area contributed by atoms with E-state index in [-0.39, 0.29) is 11.5 Å². The number of aliphatic hydroxyl groups is 1. The van der Waals surface area contributed by atoms with Crippen LogP contribution >= 0.6 is 11.8 Å². The molecule has 0 aliphatic carbocycles. The molecule has 1 aliphatic heterocycles. The first-order valence-electron chi connectivity index (χ1n) is 4.65. The lowest BCUT2D eigenvalue weighted by atomic mass is 10.1. The molecule has 1 aliphatic rings. The van der Waals surface area contributed by atoms with Gasteiger partial charge in [0.1, 0.15) is 0 Å². The predicted molar refractivity (Wildman–Crippen MR) is 61.6 cm³/mol. The molecule has 2 rings (SSSR count). The fourth-order valence-electron chi connectivity index (χ4n) is 1.45. The summed E-state index contributed by atoms with van der Waals surface area (Å²) in [5.41, 5.74) is 1.23. The van der Waals surface area contributed by atoms with Crippen LogP contribution in [0.15, 0.2) is 35.2 Å². The Bertz CT molecular complexity index is 467. The second-order valence-electron chi connectivity index (χ2n) is 3.18. The van der Waals surface area contributed by atoms with Gasteiger partial charge in [0.05, 0.1) is 11.5 Å². The van der Waals surface area contributed by atoms with Crippen LogP contribution in [0.1, 0.15) is 5.56 Å². The van der Waals surface area contributed by atoms with E-state index in [0.29, 0.717) is 5.57 Å². The van der Waals surface area contributed by atoms with Crippen molar-refractivity contribution in [1.82, 2.24) is 5.32 Å². The molecule has 0 radical (unpaired) electrons. The van der Waals surface area contributed by atoms with Crippen LogP contribution in [0.3, 0.4) is 0 Å². The maximum atomic E-state index is 11.4. The van der Waals surface area contributed by atoms with Crippen molar-refractivity contribution in [3.8, 4) is 0 Å². The first-order valence-corrected chi connectivity index (χ1v) is 5.46. The quantitative estimate of drug-likeness (QED) is 0.760. The number of imide groups is 1. The highest BCUT2D eigenvalue weighted by atomic mass is 32.2. The van der Waals surface area contributed by atoms with Crippen molar-refractivity contribution in [2.45, 2.75) is 0 Å². The number of carbonyl (C=O) groups excluding carboxylic acids is 2. The van der Waals surface area contributed by atoms with Crippen molar-refractivity contribution < 1.29 is 14.7 Å². The molecule has 2 N–H and O–H groups in total. The maximum Gasteiger partial charge on any atom is 0.290 e. The smallest absolute Gasteiger partial charge is 0.290 e. The third-order valence-electron chi connectivity index (χ3n) is 2.17. The fraction of sp³-hybridized carbons (Fsp3) is 0.0909. The van der Waals surface area contributed by atoms with E-state index in [1.54, 1.807) is 12.1 Å². The van der Waals surface area contributed by atoms with Crippen LogP contribution < -0.4 is 5.32 Å². The van der Waals surface area contributed by atoms with E-state index in [0.717, 1.165) is 17.3 Å². The molecule has 1 fully saturated rings. The minimum atomic E-state index is -0.442. The summed E-state index contributed by atoms with van der Waals surface area (Å²) >= 11 is 0.821. The second-order valence-corrected chi connectivity index (χ2v) is 4.16. The average molecular weight is 235 g/mol. The Labute approximate surface area is 96.4 Å². The number of benzene rings is 1. The zero-order valence-electron chi connectivity index (χ0n) is 8.27. The van der Waals surface area contributed by atoms with E-state index in [1.165, 1.54) is 0 Å². The van der Waals surface area contributed by atoms with E-state index in [1.807, 2.05) is 18.2 Å². The molecular formula is C11H9NO3S. The molecule has 82 valence electrons. The maximum absolute atomic E-state index is 11.4. The molecule has 0 spiro atoms. The van der Waals surface area contributed by atoms with Gasteiger partial charge in [-0.2, -0.15) is 0 Å². The third-order valence-corrected chi connectivity index (χ3v) is 3.09. The van der Waals surface area contributed by atoms with Crippen molar-refractivity contribution >= 4 is 28.5 Å². The van der Waals surface area contributed by atoms with Gasteiger partial charge in [-0.1, -0.05) is 30.3 Å². The van der Waals surface area contributed by atoms with Crippen LogP contribution in [-0.2, 0) is 4.79 Å². The highest BCUT2D eigenvalue weighted by Crippen LogP contribution is 2.31. The number of carbonyl (C=O) groups is 2. The Morgan fingerprint density at radius 2 is 1.94 bits per heavy atom. The second kappa shape index (κ2) is 4.51. The summed E-state index contributed by atoms with van der Waals surface area (Å²) in [6.45, 7) is -0.271. The molecule has 1 aromatic carbocycles. The van der Waals surface area contributed by atoms with Crippen molar-refractivity contribution in [3.63, 3.8) is 0 Å². The van der Waals surface area contributed by atoms with E-state index in [2.05, 4.69) is 5.32 Å². The monoisotopic (exact) mass is 235 g/mol. The summed E-state index contributed by atoms with van der Waals surface area (Å²) in [5, 5.41) is 11.0. The van der Waals surface area contributed by atoms with Crippen LogP contribution in [-0.4, -0.2) is 22.9 Å². The summed E-state index contributed by atoms with van der Waals surface area (Å²) in [5.74, 6) is -0.442. The van der Waals surface area contributed by atoms with Crippen LogP contribution in [0.2, 0.25) is 0 Å². The van der Waals surface area contributed by atoms with Crippen LogP contribution in [0.4, 0.5) is 4.79 Å². The third kappa shape index (κ3) is 2.00. The molecule has 4 nitrogen and oxygen atoms in total. The molecule has 16 heavy (non-hydrogen) atoms. The van der Waals surface area contributed by atoms with Gasteiger partial charge < -0.3 is 5.11 Å². The van der Waals surface area contributed by atoms with Crippen LogP contribution in [0.25, 0.3) is 5.57 Å². The van der Waals surface area contributed by atoms with E-state index >= 15 is 0 Å². The lowest BCUT2D eigenvalue weighted by Crippen LogP contribution is -2.18. The Balaban J connectivity index is 2.47. The minimum absolute atomic E-state index is 0.271. The van der Waals surface area contributed by atoms with Crippen molar-refractivity contribution in [2.75, 3.05) is 6.61 Å². The number of rotatable bonds is 2. The normalized spacial score (nSPS) is 18.6. The predicted octanol–water partition coefficient (Wildman–Crippen LogP) is 1.37. The summed E-state index contributed by atoms with van der Waals surface area (Å²) in [4.78, 5) is 22.7. The largest absolute Gasteiger partial charge is 0.392 e. The number of aliphatic hydroxyl groups excluding tert-OH is 1. The highest BCUT2D eigenvalue weighted by molar-refractivity contribution is 8.18. The molecule has 0 unspecified atom stereocenters. The van der Waals surface area contributed by atoms with Gasteiger partial charge in [-0.25, -0.2) is 0 Å². The number of hydrogen-bond donors (Lipinski definition) is 2. The van der Waals surface area contributed by atoms with Crippen molar-refractivity contribution in [3.05, 3.63) is 40.8 Å². The molecule has 5 heteroatoms. The standard InChI is InChI=1S/C11H9NO3S/c13-6-8(7-4-2-1-3-5-7)9-10(14)12-11(15)16-9/h1-5,13H,6H2,(H,12,14,15). The number of amides is 2. The molecule has 0 saturated carbocycles. The lowest BCUT2D eigenvalue weighted by molar-refractivity contribution is -0.115. The summed E-state index contributed by atoms with van der Waals surface area (Å²) < 4.78 is 0. The van der Waals surface area contributed by atoms with Gasteiger partial charge in [0.2, 0.25) is 0 Å². The van der Waals surface area contributed by atoms with Gasteiger partial charge in [-0.05, 0) is 17.3 Å². The Morgan fingerprint density at radius 1 is 1.25 bits per heavy atom. The highest BCUT2D eigenvalue weighted by Gasteiger charge is 2.28. The summed E-state index contributed by atoms with van der Waals surface area (Å²) in [6, 6.07) is 9.04. The van der Waals surface area contributed by atoms with E-state index in [9.17, 15) is 14.7 Å². The van der Waals surface area contributed by atoms with Crippen molar-refractivity contribution in [2.24, 2.45) is 0 Å². The van der Waals surface area contributed by atoms with Gasteiger partial charge in [0.15, 0.2) is 0 Å². The van der Waals surface area contributed by atoms with Gasteiger partial charge in [-0.3, -0.25) is 14.9 Å². The Hall–Kier alpha value is -1.59. The molecular weight excluding hydrogens is 226 g/mol.